The van der Waals surface area contributed by atoms with Crippen LogP contribution in [0.15, 0.2) is 12.4 Å². The van der Waals surface area contributed by atoms with Crippen molar-refractivity contribution in [3.8, 4) is 0 Å². The molecule has 0 radical (unpaired) electrons. The number of ether oxygens (including phenoxy) is 1. The summed E-state index contributed by atoms with van der Waals surface area (Å²) in [6, 6.07) is 0.327. The van der Waals surface area contributed by atoms with Crippen LogP contribution in [0.2, 0.25) is 0 Å². The van der Waals surface area contributed by atoms with Crippen LogP contribution in [0.1, 0.15) is 52.3 Å². The first-order valence-corrected chi connectivity index (χ1v) is 8.46. The van der Waals surface area contributed by atoms with Gasteiger partial charge in [0, 0.05) is 38.0 Å². The van der Waals surface area contributed by atoms with Crippen molar-refractivity contribution in [2.45, 2.75) is 71.1 Å². The van der Waals surface area contributed by atoms with E-state index in [1.807, 2.05) is 6.20 Å². The molecule has 1 fully saturated rings. The summed E-state index contributed by atoms with van der Waals surface area (Å²) in [5.74, 6) is 1.90. The zero-order chi connectivity index (χ0) is 15.3. The Morgan fingerprint density at radius 1 is 1.52 bits per heavy atom. The maximum Gasteiger partial charge on any atom is 0.110 e. The number of imidazole rings is 1. The quantitative estimate of drug-likeness (QED) is 0.840. The molecule has 4 nitrogen and oxygen atoms in total. The fourth-order valence-corrected chi connectivity index (χ4v) is 3.93. The van der Waals surface area contributed by atoms with Crippen LogP contribution in [0.5, 0.6) is 0 Å². The fraction of sp³-hybridized carbons (Fsp3) is 0.824. The zero-order valence-electron chi connectivity index (χ0n) is 14.1. The average molecular weight is 293 g/mol. The van der Waals surface area contributed by atoms with Gasteiger partial charge >= 0.3 is 0 Å². The maximum atomic E-state index is 6.32. The molecule has 0 aromatic carbocycles. The minimum absolute atomic E-state index is 0.0360. The van der Waals surface area contributed by atoms with Gasteiger partial charge in [-0.25, -0.2) is 4.98 Å². The van der Waals surface area contributed by atoms with Crippen molar-refractivity contribution in [1.82, 2.24) is 14.9 Å². The van der Waals surface area contributed by atoms with E-state index in [0.29, 0.717) is 6.04 Å². The Hall–Kier alpha value is -0.870. The second kappa shape index (κ2) is 7.41. The first kappa shape index (κ1) is 16.5. The first-order valence-electron chi connectivity index (χ1n) is 8.46. The molecule has 21 heavy (non-hydrogen) atoms. The van der Waals surface area contributed by atoms with Gasteiger partial charge in [-0.05, 0) is 39.7 Å². The highest BCUT2D eigenvalue weighted by molar-refractivity contribution is 5.04. The Balaban J connectivity index is 2.19. The molecule has 0 spiro atoms. The normalized spacial score (nSPS) is 27.7. The molecule has 1 aromatic rings. The van der Waals surface area contributed by atoms with Crippen molar-refractivity contribution >= 4 is 0 Å². The molecule has 1 aliphatic carbocycles. The lowest BCUT2D eigenvalue weighted by atomic mass is 9.73. The van der Waals surface area contributed by atoms with Crippen molar-refractivity contribution in [3.63, 3.8) is 0 Å². The van der Waals surface area contributed by atoms with E-state index in [1.165, 1.54) is 12.8 Å². The Morgan fingerprint density at radius 2 is 2.33 bits per heavy atom. The molecule has 1 N–H and O–H groups in total. The third-order valence-corrected chi connectivity index (χ3v) is 4.94. The number of aryl methyl sites for hydroxylation is 1. The second-order valence-electron chi connectivity index (χ2n) is 6.37. The average Bonchev–Trinajstić information content (AvgIpc) is 2.92. The van der Waals surface area contributed by atoms with Gasteiger partial charge < -0.3 is 14.6 Å². The molecule has 120 valence electrons. The van der Waals surface area contributed by atoms with Gasteiger partial charge in [0.2, 0.25) is 0 Å². The molecule has 1 heterocycles. The molecule has 2 rings (SSSR count). The molecule has 3 atom stereocenters. The largest absolute Gasteiger partial charge is 0.374 e. The van der Waals surface area contributed by atoms with E-state index in [1.54, 1.807) is 0 Å². The van der Waals surface area contributed by atoms with Gasteiger partial charge in [0.05, 0.1) is 5.60 Å². The number of hydrogen-bond donors (Lipinski definition) is 1. The van der Waals surface area contributed by atoms with E-state index in [0.717, 1.165) is 44.2 Å². The topological polar surface area (TPSA) is 39.1 Å². The van der Waals surface area contributed by atoms with Crippen molar-refractivity contribution in [1.29, 1.82) is 0 Å². The highest BCUT2D eigenvalue weighted by Crippen LogP contribution is 2.38. The number of nitrogens with one attached hydrogen (secondary N) is 1. The van der Waals surface area contributed by atoms with Crippen LogP contribution in [0.4, 0.5) is 0 Å². The molecule has 1 aromatic heterocycles. The van der Waals surface area contributed by atoms with Crippen molar-refractivity contribution in [2.75, 3.05) is 13.7 Å². The minimum Gasteiger partial charge on any atom is -0.374 e. The number of aromatic nitrogens is 2. The minimum atomic E-state index is -0.0360. The highest BCUT2D eigenvalue weighted by Gasteiger charge is 2.42. The van der Waals surface area contributed by atoms with E-state index in [9.17, 15) is 0 Å². The summed E-state index contributed by atoms with van der Waals surface area (Å²) in [5, 5.41) is 3.53. The summed E-state index contributed by atoms with van der Waals surface area (Å²) in [6.07, 6.45) is 9.81. The molecule has 0 aliphatic heterocycles. The van der Waals surface area contributed by atoms with Crippen LogP contribution < -0.4 is 5.32 Å². The van der Waals surface area contributed by atoms with E-state index >= 15 is 0 Å². The Kier molecular flexibility index (Phi) is 5.82. The molecule has 3 unspecified atom stereocenters. The van der Waals surface area contributed by atoms with Gasteiger partial charge in [0.1, 0.15) is 5.82 Å². The van der Waals surface area contributed by atoms with Crippen molar-refractivity contribution in [2.24, 2.45) is 5.92 Å². The zero-order valence-corrected chi connectivity index (χ0v) is 14.1. The Morgan fingerprint density at radius 3 is 2.95 bits per heavy atom. The van der Waals surface area contributed by atoms with Gasteiger partial charge in [0.15, 0.2) is 0 Å². The van der Waals surface area contributed by atoms with Gasteiger partial charge in [-0.2, -0.15) is 0 Å². The summed E-state index contributed by atoms with van der Waals surface area (Å²) in [4.78, 5) is 4.55. The summed E-state index contributed by atoms with van der Waals surface area (Å²) in [6.45, 7) is 8.39. The van der Waals surface area contributed by atoms with E-state index in [4.69, 9.17) is 4.74 Å². The third kappa shape index (κ3) is 3.67. The van der Waals surface area contributed by atoms with Gasteiger partial charge in [-0.3, -0.25) is 0 Å². The van der Waals surface area contributed by atoms with Gasteiger partial charge in [-0.15, -0.1) is 0 Å². The van der Waals surface area contributed by atoms with Crippen LogP contribution in [0.25, 0.3) is 0 Å². The van der Waals surface area contributed by atoms with Crippen LogP contribution in [0, 0.1) is 5.92 Å². The highest BCUT2D eigenvalue weighted by atomic mass is 16.5. The number of hydrogen-bond acceptors (Lipinski definition) is 3. The summed E-state index contributed by atoms with van der Waals surface area (Å²) in [7, 11) is 2.06. The van der Waals surface area contributed by atoms with Crippen LogP contribution in [-0.2, 0) is 17.7 Å². The molecule has 1 aliphatic rings. The van der Waals surface area contributed by atoms with Gasteiger partial charge in [-0.1, -0.05) is 19.8 Å². The molecule has 0 bridgehead atoms. The molecular weight excluding hydrogens is 262 g/mol. The summed E-state index contributed by atoms with van der Waals surface area (Å²) >= 11 is 0. The molecule has 1 saturated carbocycles. The molecule has 0 saturated heterocycles. The number of nitrogens with zero attached hydrogens (tertiary/aromatic N) is 2. The SMILES string of the molecule is CCOC1(C(Cc2nccn2CC)NC)CCCC(C)C1. The standard InChI is InChI=1S/C17H31N3O/c1-5-20-11-10-19-16(20)12-15(18-4)17(21-6-2)9-7-8-14(3)13-17/h10-11,14-15,18H,5-9,12-13H2,1-4H3. The fourth-order valence-electron chi connectivity index (χ4n) is 3.93. The first-order chi connectivity index (χ1) is 10.1. The predicted molar refractivity (Wildman–Crippen MR) is 86.4 cm³/mol. The smallest absolute Gasteiger partial charge is 0.110 e. The second-order valence-corrected chi connectivity index (χ2v) is 6.37. The van der Waals surface area contributed by atoms with Crippen molar-refractivity contribution in [3.05, 3.63) is 18.2 Å². The lowest BCUT2D eigenvalue weighted by Crippen LogP contribution is -2.55. The number of rotatable bonds is 7. The van der Waals surface area contributed by atoms with Crippen LogP contribution >= 0.6 is 0 Å². The van der Waals surface area contributed by atoms with Gasteiger partial charge in [0.25, 0.3) is 0 Å². The maximum absolute atomic E-state index is 6.32. The lowest BCUT2D eigenvalue weighted by Gasteiger charge is -2.45. The van der Waals surface area contributed by atoms with E-state index in [2.05, 4.69) is 48.9 Å². The number of likely N-dealkylation sites (N-methyl/N-ethyl adjacent to an activating group) is 1. The Labute approximate surface area is 129 Å². The van der Waals surface area contributed by atoms with Crippen LogP contribution in [-0.4, -0.2) is 34.8 Å². The van der Waals surface area contributed by atoms with E-state index < -0.39 is 0 Å². The predicted octanol–water partition coefficient (Wildman–Crippen LogP) is 3.02. The van der Waals surface area contributed by atoms with Crippen molar-refractivity contribution < 1.29 is 4.74 Å². The van der Waals surface area contributed by atoms with E-state index in [-0.39, 0.29) is 5.60 Å². The summed E-state index contributed by atoms with van der Waals surface area (Å²) in [5.41, 5.74) is -0.0360. The molecular formula is C17H31N3O. The Bertz CT molecular complexity index is 427. The molecule has 0 amide bonds. The summed E-state index contributed by atoms with van der Waals surface area (Å²) < 4.78 is 8.55. The third-order valence-electron chi connectivity index (χ3n) is 4.94. The lowest BCUT2D eigenvalue weighted by molar-refractivity contribution is -0.0992. The van der Waals surface area contributed by atoms with Crippen LogP contribution in [0.3, 0.4) is 0 Å². The molecule has 4 heteroatoms. The monoisotopic (exact) mass is 293 g/mol.